The van der Waals surface area contributed by atoms with Crippen molar-refractivity contribution in [3.8, 4) is 0 Å². The van der Waals surface area contributed by atoms with Crippen LogP contribution in [0.1, 0.15) is 31.9 Å². The van der Waals surface area contributed by atoms with Crippen molar-refractivity contribution in [2.75, 3.05) is 3.11 Å². The van der Waals surface area contributed by atoms with E-state index in [9.17, 15) is 13.2 Å². The third-order valence-corrected chi connectivity index (χ3v) is 5.98. The van der Waals surface area contributed by atoms with Gasteiger partial charge < -0.3 is 4.42 Å². The minimum absolute atomic E-state index is 0.0737. The summed E-state index contributed by atoms with van der Waals surface area (Å²) in [6, 6.07) is 17.1. The molecule has 0 radical (unpaired) electrons. The molecule has 150 valence electrons. The highest BCUT2D eigenvalue weighted by atomic mass is 127. The number of para-hydroxylation sites is 3. The number of rotatable bonds is 2. The highest BCUT2D eigenvalue weighted by Gasteiger charge is 2.35. The van der Waals surface area contributed by atoms with Gasteiger partial charge >= 0.3 is 6.18 Å². The molecule has 0 amide bonds. The van der Waals surface area contributed by atoms with Gasteiger partial charge in [0.05, 0.1) is 39.8 Å². The van der Waals surface area contributed by atoms with Crippen LogP contribution in [0.2, 0.25) is 0 Å². The van der Waals surface area contributed by atoms with Crippen molar-refractivity contribution < 1.29 is 17.6 Å². The number of hydrogen-bond acceptors (Lipinski definition) is 2. The van der Waals surface area contributed by atoms with Crippen LogP contribution in [0, 0.1) is 0 Å². The monoisotopic (exact) mass is 509 g/mol. The SMILES string of the molecule is CC(C)(C)c1cccc2c1oc1c(N(I)c3ccccc3C(F)(F)F)cccc12. The Bertz CT molecular complexity index is 1200. The third kappa shape index (κ3) is 3.47. The van der Waals surface area contributed by atoms with Crippen LogP contribution in [0.15, 0.2) is 65.1 Å². The van der Waals surface area contributed by atoms with Crippen molar-refractivity contribution in [2.24, 2.45) is 0 Å². The van der Waals surface area contributed by atoms with E-state index in [1.54, 1.807) is 12.1 Å². The molecule has 0 fully saturated rings. The molecule has 0 aliphatic heterocycles. The summed E-state index contributed by atoms with van der Waals surface area (Å²) >= 11 is 1.91. The van der Waals surface area contributed by atoms with E-state index in [4.69, 9.17) is 4.42 Å². The summed E-state index contributed by atoms with van der Waals surface area (Å²) in [5.41, 5.74) is 2.26. The Morgan fingerprint density at radius 2 is 1.28 bits per heavy atom. The van der Waals surface area contributed by atoms with E-state index in [1.165, 1.54) is 15.2 Å². The van der Waals surface area contributed by atoms with E-state index in [0.717, 1.165) is 28.0 Å². The Kier molecular flexibility index (Phi) is 4.80. The number of alkyl halides is 3. The lowest BCUT2D eigenvalue weighted by Crippen LogP contribution is -2.12. The molecule has 1 aromatic heterocycles. The zero-order valence-corrected chi connectivity index (χ0v) is 18.3. The van der Waals surface area contributed by atoms with Crippen molar-refractivity contribution in [1.29, 1.82) is 0 Å². The fourth-order valence-corrected chi connectivity index (χ4v) is 4.37. The molecule has 0 aliphatic carbocycles. The zero-order chi connectivity index (χ0) is 21.0. The Morgan fingerprint density at radius 3 is 1.93 bits per heavy atom. The second-order valence-corrected chi connectivity index (χ2v) is 8.95. The standard InChI is InChI=1S/C23H19F3INO/c1-22(2,3)17-11-6-8-14-15-9-7-13-19(21(15)29-20(14)17)28(27)18-12-5-4-10-16(18)23(24,25)26/h4-13H,1-3H3. The second-order valence-electron chi connectivity index (χ2n) is 7.98. The maximum atomic E-state index is 13.5. The van der Waals surface area contributed by atoms with Gasteiger partial charge in [0.1, 0.15) is 5.58 Å². The van der Waals surface area contributed by atoms with E-state index < -0.39 is 11.7 Å². The molecule has 2 nitrogen and oxygen atoms in total. The molecule has 0 atom stereocenters. The highest BCUT2D eigenvalue weighted by Crippen LogP contribution is 2.45. The molecular weight excluding hydrogens is 490 g/mol. The molecule has 0 saturated heterocycles. The molecule has 6 heteroatoms. The highest BCUT2D eigenvalue weighted by molar-refractivity contribution is 14.1. The number of hydrogen-bond donors (Lipinski definition) is 0. The maximum absolute atomic E-state index is 13.5. The first-order valence-corrected chi connectivity index (χ1v) is 10.1. The Hall–Kier alpha value is -2.22. The number of benzene rings is 3. The van der Waals surface area contributed by atoms with Gasteiger partial charge in [-0.3, -0.25) is 3.11 Å². The third-order valence-electron chi connectivity index (χ3n) is 4.94. The van der Waals surface area contributed by atoms with Crippen LogP contribution in [0.5, 0.6) is 0 Å². The molecular formula is C23H19F3INO. The van der Waals surface area contributed by atoms with Crippen LogP contribution < -0.4 is 3.11 Å². The summed E-state index contributed by atoms with van der Waals surface area (Å²) in [4.78, 5) is 0. The first kappa shape index (κ1) is 20.1. The average molecular weight is 509 g/mol. The lowest BCUT2D eigenvalue weighted by atomic mass is 9.86. The molecule has 0 N–H and O–H groups in total. The summed E-state index contributed by atoms with van der Waals surface area (Å²) in [5, 5.41) is 1.85. The first-order valence-electron chi connectivity index (χ1n) is 9.16. The number of nitrogens with zero attached hydrogens (tertiary/aromatic N) is 1. The first-order chi connectivity index (χ1) is 13.6. The maximum Gasteiger partial charge on any atom is 0.418 e. The lowest BCUT2D eigenvalue weighted by Gasteiger charge is -2.21. The lowest BCUT2D eigenvalue weighted by molar-refractivity contribution is -0.137. The van der Waals surface area contributed by atoms with Crippen molar-refractivity contribution in [2.45, 2.75) is 32.4 Å². The molecule has 0 spiro atoms. The van der Waals surface area contributed by atoms with Gasteiger partial charge in [-0.25, -0.2) is 0 Å². The van der Waals surface area contributed by atoms with Crippen LogP contribution in [0.25, 0.3) is 21.9 Å². The molecule has 0 unspecified atom stereocenters. The number of halogens is 4. The summed E-state index contributed by atoms with van der Waals surface area (Å²) in [6.45, 7) is 6.33. The predicted molar refractivity (Wildman–Crippen MR) is 120 cm³/mol. The predicted octanol–water partition coefficient (Wildman–Crippen LogP) is 8.39. The van der Waals surface area contributed by atoms with Gasteiger partial charge in [-0.15, -0.1) is 0 Å². The Labute approximate surface area is 180 Å². The minimum atomic E-state index is -4.44. The van der Waals surface area contributed by atoms with E-state index in [0.29, 0.717) is 11.3 Å². The molecule has 0 aliphatic rings. The van der Waals surface area contributed by atoms with Gasteiger partial charge in [0.25, 0.3) is 0 Å². The Balaban J connectivity index is 1.97. The molecule has 0 bridgehead atoms. The van der Waals surface area contributed by atoms with Crippen molar-refractivity contribution in [3.63, 3.8) is 0 Å². The largest absolute Gasteiger partial charge is 0.454 e. The van der Waals surface area contributed by atoms with E-state index in [2.05, 4.69) is 20.8 Å². The molecule has 4 rings (SSSR count). The Morgan fingerprint density at radius 1 is 0.724 bits per heavy atom. The van der Waals surface area contributed by atoms with Crippen molar-refractivity contribution >= 4 is 56.2 Å². The quantitative estimate of drug-likeness (QED) is 0.199. The van der Waals surface area contributed by atoms with Crippen molar-refractivity contribution in [3.05, 3.63) is 71.8 Å². The van der Waals surface area contributed by atoms with E-state index in [-0.39, 0.29) is 11.1 Å². The van der Waals surface area contributed by atoms with Crippen LogP contribution >= 0.6 is 22.9 Å². The molecule has 0 saturated carbocycles. The van der Waals surface area contributed by atoms with Gasteiger partial charge in [-0.05, 0) is 23.6 Å². The fourth-order valence-electron chi connectivity index (χ4n) is 3.56. The van der Waals surface area contributed by atoms with Gasteiger partial charge in [0.2, 0.25) is 0 Å². The average Bonchev–Trinajstić information content (AvgIpc) is 3.04. The molecule has 1 heterocycles. The van der Waals surface area contributed by atoms with Crippen LogP contribution in [-0.4, -0.2) is 0 Å². The number of anilines is 2. The molecule has 4 aromatic rings. The number of furan rings is 1. The van der Waals surface area contributed by atoms with Crippen molar-refractivity contribution in [1.82, 2.24) is 0 Å². The molecule has 29 heavy (non-hydrogen) atoms. The minimum Gasteiger partial charge on any atom is -0.454 e. The number of fused-ring (bicyclic) bond motifs is 3. The fraction of sp³-hybridized carbons (Fsp3) is 0.217. The molecule has 3 aromatic carbocycles. The van der Waals surface area contributed by atoms with Gasteiger partial charge in [0.15, 0.2) is 5.58 Å². The summed E-state index contributed by atoms with van der Waals surface area (Å²) in [7, 11) is 0. The summed E-state index contributed by atoms with van der Waals surface area (Å²) < 4.78 is 48.4. The summed E-state index contributed by atoms with van der Waals surface area (Å²) in [6.07, 6.45) is -4.44. The summed E-state index contributed by atoms with van der Waals surface area (Å²) in [5.74, 6) is 0. The van der Waals surface area contributed by atoms with Crippen LogP contribution in [0.3, 0.4) is 0 Å². The topological polar surface area (TPSA) is 16.4 Å². The normalized spacial score (nSPS) is 12.7. The van der Waals surface area contributed by atoms with Gasteiger partial charge in [-0.2, -0.15) is 13.2 Å². The second kappa shape index (κ2) is 6.93. The zero-order valence-electron chi connectivity index (χ0n) is 16.1. The van der Waals surface area contributed by atoms with Gasteiger partial charge in [-0.1, -0.05) is 63.2 Å². The van der Waals surface area contributed by atoms with Crippen LogP contribution in [0.4, 0.5) is 24.5 Å². The van der Waals surface area contributed by atoms with Crippen LogP contribution in [-0.2, 0) is 11.6 Å². The van der Waals surface area contributed by atoms with Gasteiger partial charge in [0, 0.05) is 16.3 Å². The van der Waals surface area contributed by atoms with E-state index >= 15 is 0 Å². The van der Waals surface area contributed by atoms with E-state index in [1.807, 2.05) is 53.2 Å². The smallest absolute Gasteiger partial charge is 0.418 e.